The van der Waals surface area contributed by atoms with Gasteiger partial charge in [-0.05, 0) is 18.4 Å². The van der Waals surface area contributed by atoms with Crippen molar-refractivity contribution in [2.24, 2.45) is 0 Å². The molecule has 3 aliphatic rings. The van der Waals surface area contributed by atoms with E-state index in [0.29, 0.717) is 17.4 Å². The fraction of sp³-hybridized carbons (Fsp3) is 0.636. The average Bonchev–Trinajstić information content (AvgIpc) is 3.10. The van der Waals surface area contributed by atoms with Gasteiger partial charge >= 0.3 is 5.97 Å². The number of thioether (sulfide) groups is 1. The number of carbonyl (C=O) groups excluding carboxylic acids is 2. The molecule has 2 heterocycles. The van der Waals surface area contributed by atoms with Gasteiger partial charge in [0.15, 0.2) is 0 Å². The summed E-state index contributed by atoms with van der Waals surface area (Å²) in [5.74, 6) is 0.512. The van der Waals surface area contributed by atoms with Crippen LogP contribution in [0.15, 0.2) is 11.3 Å². The third-order valence-electron chi connectivity index (χ3n) is 3.08. The lowest BCUT2D eigenvalue weighted by atomic mass is 10.1. The Labute approximate surface area is 112 Å². The summed E-state index contributed by atoms with van der Waals surface area (Å²) in [6.45, 7) is 0. The normalized spacial score (nSPS) is 27.7. The highest BCUT2D eigenvalue weighted by atomic mass is 79.9. The molecule has 4 nitrogen and oxygen atoms in total. The molecule has 3 rings (SSSR count). The Bertz CT molecular complexity index is 419. The zero-order valence-corrected chi connectivity index (χ0v) is 11.6. The number of carbonyl (C=O) groups is 2. The van der Waals surface area contributed by atoms with Crippen LogP contribution in [0.3, 0.4) is 0 Å². The molecular weight excluding hydrogens is 306 g/mol. The van der Waals surface area contributed by atoms with E-state index in [2.05, 4.69) is 15.9 Å². The van der Waals surface area contributed by atoms with Crippen LogP contribution in [0.4, 0.5) is 0 Å². The smallest absolute Gasteiger partial charge is 0.355 e. The number of fused-ring (bicyclic) bond motifs is 1. The highest BCUT2D eigenvalue weighted by molar-refractivity contribution is 9.09. The van der Waals surface area contributed by atoms with Gasteiger partial charge in [-0.2, -0.15) is 0 Å². The molecule has 6 heteroatoms. The molecule has 0 aromatic carbocycles. The van der Waals surface area contributed by atoms with Crippen LogP contribution in [0.1, 0.15) is 19.3 Å². The van der Waals surface area contributed by atoms with E-state index in [4.69, 9.17) is 4.74 Å². The molecule has 1 amide bonds. The number of alkyl halides is 1. The van der Waals surface area contributed by atoms with Gasteiger partial charge in [0.2, 0.25) is 5.91 Å². The first-order valence-corrected chi connectivity index (χ1v) is 7.80. The fourth-order valence-corrected chi connectivity index (χ4v) is 3.95. The Morgan fingerprint density at radius 1 is 1.53 bits per heavy atom. The number of halogens is 1. The first-order valence-electron chi connectivity index (χ1n) is 5.63. The Kier molecular flexibility index (Phi) is 2.94. The van der Waals surface area contributed by atoms with E-state index in [0.717, 1.165) is 24.2 Å². The lowest BCUT2D eigenvalue weighted by Gasteiger charge is -2.44. The minimum Gasteiger partial charge on any atom is -0.458 e. The monoisotopic (exact) mass is 317 g/mol. The van der Waals surface area contributed by atoms with Crippen LogP contribution >= 0.6 is 27.7 Å². The molecule has 0 spiro atoms. The second kappa shape index (κ2) is 4.31. The zero-order valence-electron chi connectivity index (χ0n) is 9.15. The van der Waals surface area contributed by atoms with Gasteiger partial charge in [-0.15, -0.1) is 11.8 Å². The van der Waals surface area contributed by atoms with Crippen LogP contribution in [0.2, 0.25) is 0 Å². The van der Waals surface area contributed by atoms with Crippen molar-refractivity contribution in [3.63, 3.8) is 0 Å². The van der Waals surface area contributed by atoms with E-state index in [1.807, 2.05) is 0 Å². The minimum atomic E-state index is -0.319. The molecule has 1 saturated heterocycles. The van der Waals surface area contributed by atoms with Crippen LogP contribution in [-0.2, 0) is 14.3 Å². The van der Waals surface area contributed by atoms with Crippen LogP contribution in [0, 0.1) is 0 Å². The van der Waals surface area contributed by atoms with Gasteiger partial charge in [0, 0.05) is 11.1 Å². The maximum absolute atomic E-state index is 12.0. The number of esters is 1. The van der Waals surface area contributed by atoms with Gasteiger partial charge in [-0.3, -0.25) is 9.69 Å². The summed E-state index contributed by atoms with van der Waals surface area (Å²) in [5.41, 5.74) is 1.46. The van der Waals surface area contributed by atoms with Crippen LogP contribution in [-0.4, -0.2) is 39.3 Å². The molecule has 1 atom stereocenters. The molecule has 0 radical (unpaired) electrons. The Hall–Kier alpha value is -0.490. The van der Waals surface area contributed by atoms with Gasteiger partial charge in [-0.25, -0.2) is 4.79 Å². The quantitative estimate of drug-likeness (QED) is 0.451. The van der Waals surface area contributed by atoms with Gasteiger partial charge < -0.3 is 4.74 Å². The maximum Gasteiger partial charge on any atom is 0.355 e. The summed E-state index contributed by atoms with van der Waals surface area (Å²) in [7, 11) is 0. The number of hydrogen-bond donors (Lipinski definition) is 0. The number of rotatable bonds is 3. The largest absolute Gasteiger partial charge is 0.458 e. The molecule has 92 valence electrons. The predicted octanol–water partition coefficient (Wildman–Crippen LogP) is 1.65. The van der Waals surface area contributed by atoms with E-state index in [9.17, 15) is 9.59 Å². The number of ether oxygens (including phenoxy) is 1. The molecule has 0 N–H and O–H groups in total. The fourth-order valence-electron chi connectivity index (χ4n) is 1.96. The average molecular weight is 318 g/mol. The Morgan fingerprint density at radius 2 is 2.29 bits per heavy atom. The Balaban J connectivity index is 1.86. The summed E-state index contributed by atoms with van der Waals surface area (Å²) < 4.78 is 5.31. The molecule has 0 unspecified atom stereocenters. The molecule has 2 fully saturated rings. The van der Waals surface area contributed by atoms with E-state index in [1.54, 1.807) is 16.7 Å². The lowest BCUT2D eigenvalue weighted by molar-refractivity contribution is -0.150. The number of nitrogens with zero attached hydrogens (tertiary/aromatic N) is 1. The third kappa shape index (κ3) is 2.01. The first kappa shape index (κ1) is 11.6. The van der Waals surface area contributed by atoms with Crippen molar-refractivity contribution in [3.8, 4) is 0 Å². The summed E-state index contributed by atoms with van der Waals surface area (Å²) in [5, 5.41) is 0.762. The van der Waals surface area contributed by atoms with Gasteiger partial charge in [0.05, 0.1) is 11.8 Å². The van der Waals surface area contributed by atoms with Gasteiger partial charge in [0.25, 0.3) is 0 Å². The van der Waals surface area contributed by atoms with Crippen molar-refractivity contribution in [2.75, 3.05) is 11.1 Å². The van der Waals surface area contributed by atoms with Crippen LogP contribution < -0.4 is 0 Å². The zero-order chi connectivity index (χ0) is 12.0. The number of β-lactam (4-membered cyclic amide) rings is 1. The van der Waals surface area contributed by atoms with E-state index in [1.165, 1.54) is 0 Å². The SMILES string of the molecule is O=C(OC1CC1)C1=C(CBr)CS[C@H]2CC(=O)N12. The third-order valence-corrected chi connectivity index (χ3v) is 5.04. The van der Waals surface area contributed by atoms with E-state index >= 15 is 0 Å². The molecule has 0 aromatic heterocycles. The summed E-state index contributed by atoms with van der Waals surface area (Å²) in [4.78, 5) is 25.3. The van der Waals surface area contributed by atoms with Gasteiger partial charge in [0.1, 0.15) is 11.8 Å². The van der Waals surface area contributed by atoms with Crippen molar-refractivity contribution in [3.05, 3.63) is 11.3 Å². The standard InChI is InChI=1S/C11H12BrNO3S/c12-4-6-5-17-9-3-8(14)13(9)10(6)11(15)16-7-1-2-7/h7,9H,1-5H2/t9-/m0/s1. The second-order valence-corrected chi connectivity index (χ2v) is 6.15. The molecular formula is C11H12BrNO3S. The second-order valence-electron chi connectivity index (χ2n) is 4.42. The molecule has 0 bridgehead atoms. The highest BCUT2D eigenvalue weighted by Crippen LogP contribution is 2.41. The molecule has 17 heavy (non-hydrogen) atoms. The van der Waals surface area contributed by atoms with Crippen molar-refractivity contribution in [2.45, 2.75) is 30.7 Å². The van der Waals surface area contributed by atoms with Crippen molar-refractivity contribution >= 4 is 39.6 Å². The molecule has 1 aliphatic carbocycles. The predicted molar refractivity (Wildman–Crippen MR) is 67.6 cm³/mol. The highest BCUT2D eigenvalue weighted by Gasteiger charge is 2.46. The molecule has 2 aliphatic heterocycles. The van der Waals surface area contributed by atoms with Crippen LogP contribution in [0.5, 0.6) is 0 Å². The number of amides is 1. The topological polar surface area (TPSA) is 46.6 Å². The van der Waals surface area contributed by atoms with E-state index < -0.39 is 0 Å². The minimum absolute atomic E-state index is 0.0309. The lowest BCUT2D eigenvalue weighted by Crippen LogP contribution is -2.54. The molecule has 1 saturated carbocycles. The van der Waals surface area contributed by atoms with Crippen molar-refractivity contribution < 1.29 is 14.3 Å². The first-order chi connectivity index (χ1) is 8.20. The summed E-state index contributed by atoms with van der Waals surface area (Å²) >= 11 is 5.09. The summed E-state index contributed by atoms with van der Waals surface area (Å²) in [6, 6.07) is 0. The van der Waals surface area contributed by atoms with Gasteiger partial charge in [-0.1, -0.05) is 15.9 Å². The Morgan fingerprint density at radius 3 is 2.88 bits per heavy atom. The number of hydrogen-bond acceptors (Lipinski definition) is 4. The van der Waals surface area contributed by atoms with E-state index in [-0.39, 0.29) is 23.4 Å². The van der Waals surface area contributed by atoms with Crippen molar-refractivity contribution in [1.29, 1.82) is 0 Å². The molecule has 0 aromatic rings. The maximum atomic E-state index is 12.0. The summed E-state index contributed by atoms with van der Waals surface area (Å²) in [6.07, 6.45) is 2.53. The van der Waals surface area contributed by atoms with Crippen molar-refractivity contribution in [1.82, 2.24) is 4.90 Å². The van der Waals surface area contributed by atoms with Crippen LogP contribution in [0.25, 0.3) is 0 Å².